The Morgan fingerprint density at radius 2 is 1.71 bits per heavy atom. The predicted molar refractivity (Wildman–Crippen MR) is 116 cm³/mol. The molecule has 2 aromatic carbocycles. The Balaban J connectivity index is 1.58. The molecule has 3 rings (SSSR count). The van der Waals surface area contributed by atoms with Crippen LogP contribution >= 0.6 is 0 Å². The quantitative estimate of drug-likeness (QED) is 0.730. The molecule has 1 aliphatic heterocycles. The summed E-state index contributed by atoms with van der Waals surface area (Å²) in [6, 6.07) is 13.5. The first kappa shape index (κ1) is 22.8. The molecule has 1 saturated heterocycles. The van der Waals surface area contributed by atoms with E-state index in [2.05, 4.69) is 5.32 Å². The van der Waals surface area contributed by atoms with Crippen molar-refractivity contribution in [2.45, 2.75) is 18.2 Å². The smallest absolute Gasteiger partial charge is 0.255 e. The Kier molecular flexibility index (Phi) is 7.29. The van der Waals surface area contributed by atoms with E-state index in [-0.39, 0.29) is 30.4 Å². The van der Waals surface area contributed by atoms with E-state index in [9.17, 15) is 18.0 Å². The zero-order valence-electron chi connectivity index (χ0n) is 17.7. The first-order valence-electron chi connectivity index (χ1n) is 10.1. The first-order chi connectivity index (χ1) is 14.8. The molecule has 1 heterocycles. The Bertz CT molecular complexity index is 1040. The lowest BCUT2D eigenvalue weighted by Crippen LogP contribution is -2.42. The number of carbonyl (C=O) groups excluding carboxylic acids is 2. The van der Waals surface area contributed by atoms with Gasteiger partial charge >= 0.3 is 0 Å². The molecule has 0 spiro atoms. The van der Waals surface area contributed by atoms with Gasteiger partial charge in [0.25, 0.3) is 5.91 Å². The number of aryl methyl sites for hydroxylation is 1. The minimum absolute atomic E-state index is 0.165. The molecule has 0 bridgehead atoms. The fourth-order valence-electron chi connectivity index (χ4n) is 3.44. The van der Waals surface area contributed by atoms with Crippen LogP contribution in [0.25, 0.3) is 0 Å². The van der Waals surface area contributed by atoms with Crippen molar-refractivity contribution in [3.63, 3.8) is 0 Å². The van der Waals surface area contributed by atoms with Crippen molar-refractivity contribution < 1.29 is 22.7 Å². The third-order valence-corrected chi connectivity index (χ3v) is 7.13. The summed E-state index contributed by atoms with van der Waals surface area (Å²) in [5.74, 6) is -0.221. The third-order valence-electron chi connectivity index (χ3n) is 5.22. The fourth-order valence-corrected chi connectivity index (χ4v) is 4.91. The molecule has 166 valence electrons. The van der Waals surface area contributed by atoms with Gasteiger partial charge in [-0.2, -0.15) is 4.31 Å². The monoisotopic (exact) mass is 445 g/mol. The molecule has 9 heteroatoms. The number of benzene rings is 2. The Morgan fingerprint density at radius 1 is 1.00 bits per heavy atom. The molecule has 2 aromatic rings. The van der Waals surface area contributed by atoms with E-state index >= 15 is 0 Å². The maximum atomic E-state index is 12.9. The second-order valence-electron chi connectivity index (χ2n) is 7.33. The van der Waals surface area contributed by atoms with Gasteiger partial charge in [0.1, 0.15) is 5.75 Å². The summed E-state index contributed by atoms with van der Waals surface area (Å²) < 4.78 is 32.4. The predicted octanol–water partition coefficient (Wildman–Crippen LogP) is 1.66. The number of carbonyl (C=O) groups is 2. The molecule has 0 saturated carbocycles. The summed E-state index contributed by atoms with van der Waals surface area (Å²) in [6.07, 6.45) is 0.525. The van der Waals surface area contributed by atoms with Crippen molar-refractivity contribution in [2.24, 2.45) is 0 Å². The van der Waals surface area contributed by atoms with Crippen LogP contribution < -0.4 is 10.1 Å². The lowest BCUT2D eigenvalue weighted by molar-refractivity contribution is -0.129. The number of nitrogens with one attached hydrogen (secondary N) is 1. The summed E-state index contributed by atoms with van der Waals surface area (Å²) in [4.78, 5) is 26.9. The number of sulfonamides is 1. The van der Waals surface area contributed by atoms with Crippen molar-refractivity contribution in [1.29, 1.82) is 0 Å². The van der Waals surface area contributed by atoms with E-state index in [4.69, 9.17) is 4.74 Å². The number of amides is 2. The number of hydrogen-bond donors (Lipinski definition) is 1. The van der Waals surface area contributed by atoms with Crippen LogP contribution in [0.4, 0.5) is 0 Å². The van der Waals surface area contributed by atoms with Crippen LogP contribution in [0.2, 0.25) is 0 Å². The van der Waals surface area contributed by atoms with E-state index in [1.54, 1.807) is 53.4 Å². The van der Waals surface area contributed by atoms with Crippen LogP contribution in [0.15, 0.2) is 53.4 Å². The van der Waals surface area contributed by atoms with Crippen molar-refractivity contribution in [3.8, 4) is 5.75 Å². The molecular formula is C22H27N3O5S. The average Bonchev–Trinajstić information content (AvgIpc) is 3.04. The Morgan fingerprint density at radius 3 is 2.42 bits per heavy atom. The van der Waals surface area contributed by atoms with E-state index < -0.39 is 15.9 Å². The van der Waals surface area contributed by atoms with Crippen LogP contribution in [0.1, 0.15) is 22.3 Å². The van der Waals surface area contributed by atoms with Crippen molar-refractivity contribution in [1.82, 2.24) is 14.5 Å². The molecule has 31 heavy (non-hydrogen) atoms. The number of nitrogens with zero attached hydrogens (tertiary/aromatic N) is 2. The molecule has 1 N–H and O–H groups in total. The third kappa shape index (κ3) is 5.42. The summed E-state index contributed by atoms with van der Waals surface area (Å²) in [7, 11) is -2.13. The molecule has 0 radical (unpaired) electrons. The number of rotatable bonds is 6. The fraction of sp³-hybridized carbons (Fsp3) is 0.364. The largest absolute Gasteiger partial charge is 0.496 e. The lowest BCUT2D eigenvalue weighted by atomic mass is 10.2. The molecule has 1 aliphatic rings. The number of hydrogen-bond acceptors (Lipinski definition) is 5. The van der Waals surface area contributed by atoms with Crippen molar-refractivity contribution in [3.05, 3.63) is 59.7 Å². The van der Waals surface area contributed by atoms with E-state index in [0.29, 0.717) is 30.8 Å². The number of methoxy groups -OCH3 is 1. The summed E-state index contributed by atoms with van der Waals surface area (Å²) in [5.41, 5.74) is 1.34. The van der Waals surface area contributed by atoms with Gasteiger partial charge in [0.05, 0.1) is 24.1 Å². The summed E-state index contributed by atoms with van der Waals surface area (Å²) in [5, 5.41) is 2.62. The molecule has 1 fully saturated rings. The first-order valence-corrected chi connectivity index (χ1v) is 11.5. The van der Waals surface area contributed by atoms with Gasteiger partial charge < -0.3 is 15.0 Å². The number of ether oxygens (including phenoxy) is 1. The highest BCUT2D eigenvalue weighted by molar-refractivity contribution is 7.89. The minimum Gasteiger partial charge on any atom is -0.496 e. The maximum Gasteiger partial charge on any atom is 0.255 e. The summed E-state index contributed by atoms with van der Waals surface area (Å²) in [6.45, 7) is 2.99. The van der Waals surface area contributed by atoms with Gasteiger partial charge in [-0.3, -0.25) is 9.59 Å². The second-order valence-corrected chi connectivity index (χ2v) is 9.27. The standard InChI is InChI=1S/C22H27N3O5S/c1-17-8-10-18(11-9-17)31(28,29)25-13-5-12-24(14-15-25)21(26)16-23-22(27)19-6-3-4-7-20(19)30-2/h3-4,6-11H,5,12-16H2,1-2H3,(H,23,27). The van der Waals surface area contributed by atoms with Crippen LogP contribution in [0.3, 0.4) is 0 Å². The normalized spacial score (nSPS) is 15.2. The molecule has 0 aromatic heterocycles. The van der Waals surface area contributed by atoms with Crippen LogP contribution in [-0.2, 0) is 14.8 Å². The second kappa shape index (κ2) is 9.93. The summed E-state index contributed by atoms with van der Waals surface area (Å²) >= 11 is 0. The molecule has 0 unspecified atom stereocenters. The Hall–Kier alpha value is -2.91. The highest BCUT2D eigenvalue weighted by Gasteiger charge is 2.28. The zero-order valence-corrected chi connectivity index (χ0v) is 18.5. The van der Waals surface area contributed by atoms with Crippen molar-refractivity contribution >= 4 is 21.8 Å². The molecular weight excluding hydrogens is 418 g/mol. The van der Waals surface area contributed by atoms with Crippen LogP contribution in [-0.4, -0.2) is 69.3 Å². The van der Waals surface area contributed by atoms with Gasteiger partial charge in [0.15, 0.2) is 0 Å². The SMILES string of the molecule is COc1ccccc1C(=O)NCC(=O)N1CCCN(S(=O)(=O)c2ccc(C)cc2)CC1. The molecule has 8 nitrogen and oxygen atoms in total. The van der Waals surface area contributed by atoms with Gasteiger partial charge in [0, 0.05) is 26.2 Å². The molecule has 0 atom stereocenters. The highest BCUT2D eigenvalue weighted by atomic mass is 32.2. The number of para-hydroxylation sites is 1. The van der Waals surface area contributed by atoms with Gasteiger partial charge in [-0.25, -0.2) is 8.42 Å². The zero-order chi connectivity index (χ0) is 22.4. The minimum atomic E-state index is -3.61. The topological polar surface area (TPSA) is 96.0 Å². The van der Waals surface area contributed by atoms with E-state index in [0.717, 1.165) is 5.56 Å². The maximum absolute atomic E-state index is 12.9. The van der Waals surface area contributed by atoms with Gasteiger partial charge in [-0.15, -0.1) is 0 Å². The average molecular weight is 446 g/mol. The van der Waals surface area contributed by atoms with Crippen molar-refractivity contribution in [2.75, 3.05) is 39.8 Å². The lowest BCUT2D eigenvalue weighted by Gasteiger charge is -2.22. The molecule has 2 amide bonds. The molecule has 0 aliphatic carbocycles. The van der Waals surface area contributed by atoms with Crippen LogP contribution in [0, 0.1) is 6.92 Å². The van der Waals surface area contributed by atoms with Gasteiger partial charge in [-0.1, -0.05) is 29.8 Å². The van der Waals surface area contributed by atoms with Gasteiger partial charge in [0.2, 0.25) is 15.9 Å². The van der Waals surface area contributed by atoms with E-state index in [1.165, 1.54) is 11.4 Å². The van der Waals surface area contributed by atoms with E-state index in [1.807, 2.05) is 6.92 Å². The van der Waals surface area contributed by atoms with Gasteiger partial charge in [-0.05, 0) is 37.6 Å². The Labute approximate surface area is 182 Å². The van der Waals surface area contributed by atoms with Crippen LogP contribution in [0.5, 0.6) is 5.75 Å². The highest BCUT2D eigenvalue weighted by Crippen LogP contribution is 2.19.